The number of carbonyl (C=O) groups is 3. The lowest BCUT2D eigenvalue weighted by Crippen LogP contribution is -2.53. The fourth-order valence-electron chi connectivity index (χ4n) is 4.99. The zero-order valence-corrected chi connectivity index (χ0v) is 24.8. The van der Waals surface area contributed by atoms with Crippen LogP contribution in [0.15, 0.2) is 59.6 Å². The summed E-state index contributed by atoms with van der Waals surface area (Å²) in [6.45, 7) is 3.16. The van der Waals surface area contributed by atoms with Gasteiger partial charge in [0.1, 0.15) is 6.04 Å². The number of fused-ring (bicyclic) bond motifs is 1. The first kappa shape index (κ1) is 31.2. The van der Waals surface area contributed by atoms with E-state index in [-0.39, 0.29) is 55.7 Å². The van der Waals surface area contributed by atoms with Crippen molar-refractivity contribution in [1.29, 1.82) is 0 Å². The first-order chi connectivity index (χ1) is 20.2. The zero-order chi connectivity index (χ0) is 30.1. The number of nitrogens with one attached hydrogen (secondary N) is 3. The van der Waals surface area contributed by atoms with Crippen molar-refractivity contribution in [2.24, 2.45) is 5.73 Å². The van der Waals surface area contributed by atoms with E-state index in [4.69, 9.17) is 5.73 Å². The van der Waals surface area contributed by atoms with E-state index in [1.165, 1.54) is 4.31 Å². The Hall–Kier alpha value is -3.74. The molecule has 0 spiro atoms. The number of H-pyrrole nitrogens is 1. The minimum absolute atomic E-state index is 0.142. The van der Waals surface area contributed by atoms with Crippen LogP contribution in [0.3, 0.4) is 0 Å². The fourth-order valence-corrected chi connectivity index (χ4v) is 6.42. The SMILES string of the molecule is Cc1ccc(S(=O)(=O)N2CCN(C(=O)CC(NC(=O)CCCCCCN)C(=O)Nc3c[nH]c4ccccc34)CC2)cc1. The standard InChI is InChI=1S/C30H40N6O5S/c1-22-11-13-23(14-12-22)42(40,41)36-18-16-35(17-19-36)29(38)20-26(33-28(37)10-4-2-3-7-15-31)30(39)34-27-21-32-25-9-6-5-8-24(25)27/h5-6,8-9,11-14,21,26,32H,2-4,7,10,15-20,31H2,1H3,(H,33,37)(H,34,39). The average Bonchev–Trinajstić information content (AvgIpc) is 3.39. The molecule has 0 bridgehead atoms. The maximum absolute atomic E-state index is 13.4. The number of amides is 3. The van der Waals surface area contributed by atoms with Crippen molar-refractivity contribution in [3.05, 3.63) is 60.3 Å². The van der Waals surface area contributed by atoms with Crippen LogP contribution in [0.4, 0.5) is 5.69 Å². The van der Waals surface area contributed by atoms with E-state index in [1.807, 2.05) is 31.2 Å². The summed E-state index contributed by atoms with van der Waals surface area (Å²) >= 11 is 0. The average molecular weight is 597 g/mol. The molecule has 2 aromatic carbocycles. The summed E-state index contributed by atoms with van der Waals surface area (Å²) in [4.78, 5) is 44.3. The molecule has 1 aliphatic rings. The van der Waals surface area contributed by atoms with Crippen LogP contribution in [0.5, 0.6) is 0 Å². The molecule has 1 fully saturated rings. The van der Waals surface area contributed by atoms with E-state index in [0.717, 1.165) is 35.7 Å². The van der Waals surface area contributed by atoms with Crippen molar-refractivity contribution in [1.82, 2.24) is 19.5 Å². The van der Waals surface area contributed by atoms with Crippen LogP contribution >= 0.6 is 0 Å². The van der Waals surface area contributed by atoms with Gasteiger partial charge in [-0.1, -0.05) is 48.7 Å². The molecule has 3 amide bonds. The molecule has 0 saturated carbocycles. The molecule has 2 heterocycles. The number of carbonyl (C=O) groups excluding carboxylic acids is 3. The van der Waals surface area contributed by atoms with Crippen molar-refractivity contribution in [3.8, 4) is 0 Å². The highest BCUT2D eigenvalue weighted by Crippen LogP contribution is 2.23. The van der Waals surface area contributed by atoms with Gasteiger partial charge in [-0.3, -0.25) is 14.4 Å². The Kier molecular flexibility index (Phi) is 10.7. The molecule has 1 atom stereocenters. The number of hydrogen-bond donors (Lipinski definition) is 4. The van der Waals surface area contributed by atoms with Gasteiger partial charge in [-0.25, -0.2) is 8.42 Å². The predicted molar refractivity (Wildman–Crippen MR) is 162 cm³/mol. The molecule has 12 heteroatoms. The first-order valence-corrected chi connectivity index (χ1v) is 15.8. The summed E-state index contributed by atoms with van der Waals surface area (Å²) < 4.78 is 27.5. The zero-order valence-electron chi connectivity index (χ0n) is 24.0. The molecule has 5 N–H and O–H groups in total. The van der Waals surface area contributed by atoms with Gasteiger partial charge in [-0.15, -0.1) is 0 Å². The topological polar surface area (TPSA) is 158 Å². The van der Waals surface area contributed by atoms with Gasteiger partial charge in [0.2, 0.25) is 27.7 Å². The van der Waals surface area contributed by atoms with Crippen LogP contribution in [0, 0.1) is 6.92 Å². The lowest BCUT2D eigenvalue weighted by molar-refractivity contribution is -0.135. The van der Waals surface area contributed by atoms with Crippen LogP contribution in [-0.2, 0) is 24.4 Å². The second-order valence-corrected chi connectivity index (χ2v) is 12.6. The molecule has 3 aromatic rings. The van der Waals surface area contributed by atoms with Gasteiger partial charge >= 0.3 is 0 Å². The normalized spacial score (nSPS) is 15.0. The number of rotatable bonds is 13. The molecule has 4 rings (SSSR count). The number of nitrogens with two attached hydrogens (primary N) is 1. The molecule has 11 nitrogen and oxygen atoms in total. The van der Waals surface area contributed by atoms with Crippen LogP contribution in [0.25, 0.3) is 10.9 Å². The Bertz CT molecular complexity index is 1480. The van der Waals surface area contributed by atoms with E-state index >= 15 is 0 Å². The van der Waals surface area contributed by atoms with E-state index < -0.39 is 22.0 Å². The van der Waals surface area contributed by atoms with Crippen molar-refractivity contribution in [2.45, 2.75) is 56.4 Å². The lowest BCUT2D eigenvalue weighted by Gasteiger charge is -2.34. The van der Waals surface area contributed by atoms with Crippen molar-refractivity contribution in [2.75, 3.05) is 38.0 Å². The summed E-state index contributed by atoms with van der Waals surface area (Å²) in [5.74, 6) is -1.13. The third-order valence-corrected chi connectivity index (χ3v) is 9.40. The quantitative estimate of drug-likeness (QED) is 0.222. The highest BCUT2D eigenvalue weighted by atomic mass is 32.2. The highest BCUT2D eigenvalue weighted by molar-refractivity contribution is 7.89. The number of benzene rings is 2. The molecule has 1 aromatic heterocycles. The van der Waals surface area contributed by atoms with Crippen LogP contribution in [-0.4, -0.2) is 79.1 Å². The fraction of sp³-hybridized carbons (Fsp3) is 0.433. The molecule has 0 aliphatic carbocycles. The highest BCUT2D eigenvalue weighted by Gasteiger charge is 2.32. The number of aromatic amines is 1. The number of para-hydroxylation sites is 1. The smallest absolute Gasteiger partial charge is 0.247 e. The van der Waals surface area contributed by atoms with Crippen LogP contribution < -0.4 is 16.4 Å². The van der Waals surface area contributed by atoms with Crippen molar-refractivity contribution < 1.29 is 22.8 Å². The predicted octanol–water partition coefficient (Wildman–Crippen LogP) is 2.73. The molecule has 226 valence electrons. The van der Waals surface area contributed by atoms with Gasteiger partial charge in [0.25, 0.3) is 0 Å². The number of unbranched alkanes of at least 4 members (excludes halogenated alkanes) is 3. The number of anilines is 1. The van der Waals surface area contributed by atoms with Crippen molar-refractivity contribution in [3.63, 3.8) is 0 Å². The summed E-state index contributed by atoms with van der Waals surface area (Å²) in [6, 6.07) is 13.1. The molecule has 42 heavy (non-hydrogen) atoms. The summed E-state index contributed by atoms with van der Waals surface area (Å²) in [6.07, 6.45) is 5.01. The Morgan fingerprint density at radius 1 is 0.952 bits per heavy atom. The third kappa shape index (κ3) is 7.96. The molecule has 0 radical (unpaired) electrons. The summed E-state index contributed by atoms with van der Waals surface area (Å²) in [5, 5.41) is 6.43. The Balaban J connectivity index is 1.39. The molecule has 1 saturated heterocycles. The number of aromatic nitrogens is 1. The Morgan fingerprint density at radius 3 is 2.36 bits per heavy atom. The van der Waals surface area contributed by atoms with Crippen LogP contribution in [0.1, 0.15) is 44.1 Å². The molecular formula is C30H40N6O5S. The molecular weight excluding hydrogens is 556 g/mol. The molecule has 1 unspecified atom stereocenters. The van der Waals surface area contributed by atoms with Crippen molar-refractivity contribution >= 4 is 44.3 Å². The van der Waals surface area contributed by atoms with Gasteiger partial charge in [-0.2, -0.15) is 4.31 Å². The van der Waals surface area contributed by atoms with Gasteiger partial charge in [0.15, 0.2) is 0 Å². The summed E-state index contributed by atoms with van der Waals surface area (Å²) in [7, 11) is -3.68. The maximum atomic E-state index is 13.4. The van der Waals surface area contributed by atoms with E-state index in [0.29, 0.717) is 18.7 Å². The van der Waals surface area contributed by atoms with Gasteiger partial charge in [0, 0.05) is 49.7 Å². The maximum Gasteiger partial charge on any atom is 0.247 e. The minimum atomic E-state index is -3.68. The third-order valence-electron chi connectivity index (χ3n) is 7.49. The Labute approximate surface area is 246 Å². The minimum Gasteiger partial charge on any atom is -0.359 e. The lowest BCUT2D eigenvalue weighted by atomic mass is 10.1. The number of aryl methyl sites for hydroxylation is 1. The number of piperazine rings is 1. The second-order valence-electron chi connectivity index (χ2n) is 10.6. The van der Waals surface area contributed by atoms with Gasteiger partial charge in [0.05, 0.1) is 17.0 Å². The van der Waals surface area contributed by atoms with Gasteiger partial charge in [-0.05, 0) is 44.5 Å². The van der Waals surface area contributed by atoms with Crippen LogP contribution in [0.2, 0.25) is 0 Å². The second kappa shape index (κ2) is 14.4. The summed E-state index contributed by atoms with van der Waals surface area (Å²) in [5.41, 5.74) is 7.90. The number of sulfonamides is 1. The number of nitrogens with zero attached hydrogens (tertiary/aromatic N) is 2. The van der Waals surface area contributed by atoms with E-state index in [1.54, 1.807) is 35.4 Å². The van der Waals surface area contributed by atoms with Gasteiger partial charge < -0.3 is 26.3 Å². The van der Waals surface area contributed by atoms with E-state index in [2.05, 4.69) is 15.6 Å². The first-order valence-electron chi connectivity index (χ1n) is 14.4. The number of hydrogen-bond acceptors (Lipinski definition) is 6. The molecule has 1 aliphatic heterocycles. The van der Waals surface area contributed by atoms with E-state index in [9.17, 15) is 22.8 Å². The Morgan fingerprint density at radius 2 is 1.64 bits per heavy atom. The largest absolute Gasteiger partial charge is 0.359 e. The monoisotopic (exact) mass is 596 g/mol.